The summed E-state index contributed by atoms with van der Waals surface area (Å²) >= 11 is 0. The lowest BCUT2D eigenvalue weighted by molar-refractivity contribution is 0.399. The Morgan fingerprint density at radius 3 is 2.38 bits per heavy atom. The van der Waals surface area contributed by atoms with Gasteiger partial charge < -0.3 is 8.92 Å². The summed E-state index contributed by atoms with van der Waals surface area (Å²) in [6.45, 7) is 4.14. The first kappa shape index (κ1) is 18.1. The van der Waals surface area contributed by atoms with Crippen molar-refractivity contribution in [3.8, 4) is 23.1 Å². The van der Waals surface area contributed by atoms with Gasteiger partial charge in [-0.3, -0.25) is 0 Å². The lowest BCUT2D eigenvalue weighted by atomic mass is 9.97. The lowest BCUT2D eigenvalue weighted by Crippen LogP contribution is -2.09. The van der Waals surface area contributed by atoms with Crippen molar-refractivity contribution < 1.29 is 17.3 Å². The highest BCUT2D eigenvalue weighted by atomic mass is 32.2. The van der Waals surface area contributed by atoms with Gasteiger partial charge in [0, 0.05) is 11.6 Å². The molecule has 26 heavy (non-hydrogen) atoms. The van der Waals surface area contributed by atoms with Gasteiger partial charge in [-0.1, -0.05) is 38.1 Å². The summed E-state index contributed by atoms with van der Waals surface area (Å²) in [6, 6.07) is 11.1. The summed E-state index contributed by atoms with van der Waals surface area (Å²) in [4.78, 5) is 13.1. The molecular weight excluding hydrogens is 354 g/mol. The molecule has 7 nitrogen and oxygen atoms in total. The van der Waals surface area contributed by atoms with Crippen LogP contribution in [0.4, 0.5) is 0 Å². The molecule has 2 heterocycles. The first-order valence-corrected chi connectivity index (χ1v) is 9.81. The summed E-state index contributed by atoms with van der Waals surface area (Å²) in [6.07, 6.45) is 0.961. The van der Waals surface area contributed by atoms with Gasteiger partial charge in [0.15, 0.2) is 11.3 Å². The SMILES string of the molecule is COc1ccc2nc(-c3ccccc3C(C)C)nc(OS(C)(=O)=O)c2n1. The number of rotatable bonds is 5. The van der Waals surface area contributed by atoms with Crippen LogP contribution in [0, 0.1) is 0 Å². The average molecular weight is 373 g/mol. The summed E-state index contributed by atoms with van der Waals surface area (Å²) in [5.74, 6) is 0.825. The number of pyridine rings is 1. The molecule has 0 spiro atoms. The number of ether oxygens (including phenoxy) is 1. The smallest absolute Gasteiger partial charge is 0.307 e. The molecule has 0 radical (unpaired) electrons. The molecule has 0 unspecified atom stereocenters. The highest BCUT2D eigenvalue weighted by Gasteiger charge is 2.18. The number of hydrogen-bond donors (Lipinski definition) is 0. The van der Waals surface area contributed by atoms with Crippen molar-refractivity contribution in [2.24, 2.45) is 0 Å². The molecule has 0 aliphatic rings. The summed E-state index contributed by atoms with van der Waals surface area (Å²) < 4.78 is 33.5. The second-order valence-electron chi connectivity index (χ2n) is 6.10. The highest BCUT2D eigenvalue weighted by molar-refractivity contribution is 7.86. The second kappa shape index (κ2) is 6.87. The van der Waals surface area contributed by atoms with E-state index in [2.05, 4.69) is 28.8 Å². The fraction of sp³-hybridized carbons (Fsp3) is 0.278. The van der Waals surface area contributed by atoms with Crippen molar-refractivity contribution in [1.82, 2.24) is 15.0 Å². The largest absolute Gasteiger partial charge is 0.481 e. The molecule has 136 valence electrons. The van der Waals surface area contributed by atoms with E-state index < -0.39 is 10.1 Å². The Kier molecular flexibility index (Phi) is 4.78. The Hall–Kier alpha value is -2.74. The van der Waals surface area contributed by atoms with Crippen LogP contribution in [0.5, 0.6) is 11.8 Å². The fourth-order valence-electron chi connectivity index (χ4n) is 2.61. The van der Waals surface area contributed by atoms with Gasteiger partial charge in [-0.05, 0) is 17.5 Å². The topological polar surface area (TPSA) is 91.3 Å². The van der Waals surface area contributed by atoms with Gasteiger partial charge in [0.25, 0.3) is 5.88 Å². The standard InChI is InChI=1S/C18H19N3O4S/c1-11(2)12-7-5-6-8-13(12)17-19-14-9-10-15(24-3)20-16(14)18(21-17)25-26(4,22)23/h5-11H,1-4H3. The van der Waals surface area contributed by atoms with Crippen molar-refractivity contribution in [3.05, 3.63) is 42.0 Å². The highest BCUT2D eigenvalue weighted by Crippen LogP contribution is 2.31. The van der Waals surface area contributed by atoms with E-state index in [4.69, 9.17) is 8.92 Å². The first-order valence-electron chi connectivity index (χ1n) is 8.00. The minimum atomic E-state index is -3.78. The van der Waals surface area contributed by atoms with Crippen LogP contribution in [-0.2, 0) is 10.1 Å². The Bertz CT molecular complexity index is 1070. The Labute approximate surface area is 152 Å². The zero-order chi connectivity index (χ0) is 18.9. The molecule has 0 fully saturated rings. The molecule has 1 aromatic carbocycles. The molecule has 0 atom stereocenters. The maximum Gasteiger partial charge on any atom is 0.307 e. The lowest BCUT2D eigenvalue weighted by Gasteiger charge is -2.13. The number of methoxy groups -OCH3 is 1. The molecule has 3 aromatic rings. The number of benzene rings is 1. The monoisotopic (exact) mass is 373 g/mol. The zero-order valence-electron chi connectivity index (χ0n) is 14.9. The average Bonchev–Trinajstić information content (AvgIpc) is 2.60. The normalized spacial score (nSPS) is 11.7. The van der Waals surface area contributed by atoms with E-state index in [0.717, 1.165) is 17.4 Å². The van der Waals surface area contributed by atoms with Gasteiger partial charge in [0.05, 0.1) is 18.9 Å². The van der Waals surface area contributed by atoms with E-state index in [0.29, 0.717) is 17.2 Å². The number of aromatic nitrogens is 3. The van der Waals surface area contributed by atoms with E-state index in [1.165, 1.54) is 7.11 Å². The summed E-state index contributed by atoms with van der Waals surface area (Å²) in [5.41, 5.74) is 2.56. The molecule has 0 saturated carbocycles. The van der Waals surface area contributed by atoms with Gasteiger partial charge >= 0.3 is 10.1 Å². The maximum absolute atomic E-state index is 11.7. The van der Waals surface area contributed by atoms with Crippen molar-refractivity contribution in [3.63, 3.8) is 0 Å². The predicted octanol–water partition coefficient (Wildman–Crippen LogP) is 3.16. The van der Waals surface area contributed by atoms with E-state index in [1.54, 1.807) is 12.1 Å². The van der Waals surface area contributed by atoms with E-state index in [1.807, 2.05) is 24.3 Å². The molecule has 2 aromatic heterocycles. The Balaban J connectivity index is 2.29. The van der Waals surface area contributed by atoms with Crippen LogP contribution >= 0.6 is 0 Å². The van der Waals surface area contributed by atoms with Crippen LogP contribution in [-0.4, -0.2) is 36.7 Å². The van der Waals surface area contributed by atoms with Crippen LogP contribution in [0.15, 0.2) is 36.4 Å². The van der Waals surface area contributed by atoms with Gasteiger partial charge in [0.1, 0.15) is 0 Å². The van der Waals surface area contributed by atoms with Crippen LogP contribution in [0.3, 0.4) is 0 Å². The van der Waals surface area contributed by atoms with Crippen LogP contribution in [0.2, 0.25) is 0 Å². The Morgan fingerprint density at radius 2 is 1.73 bits per heavy atom. The molecular formula is C18H19N3O4S. The summed E-state index contributed by atoms with van der Waals surface area (Å²) in [7, 11) is -2.31. The third-order valence-electron chi connectivity index (χ3n) is 3.75. The Morgan fingerprint density at radius 1 is 1.00 bits per heavy atom. The van der Waals surface area contributed by atoms with E-state index in [-0.39, 0.29) is 17.3 Å². The minimum Gasteiger partial charge on any atom is -0.481 e. The molecule has 3 rings (SSSR count). The molecule has 0 saturated heterocycles. The minimum absolute atomic E-state index is 0.120. The molecule has 0 N–H and O–H groups in total. The van der Waals surface area contributed by atoms with Crippen molar-refractivity contribution in [2.75, 3.05) is 13.4 Å². The van der Waals surface area contributed by atoms with Gasteiger partial charge in [0.2, 0.25) is 5.88 Å². The zero-order valence-corrected chi connectivity index (χ0v) is 15.7. The predicted molar refractivity (Wildman–Crippen MR) is 98.9 cm³/mol. The third-order valence-corrected chi connectivity index (χ3v) is 4.21. The van der Waals surface area contributed by atoms with E-state index in [9.17, 15) is 8.42 Å². The van der Waals surface area contributed by atoms with Gasteiger partial charge in [-0.15, -0.1) is 0 Å². The summed E-state index contributed by atoms with van der Waals surface area (Å²) in [5, 5.41) is 0. The fourth-order valence-corrected chi connectivity index (χ4v) is 3.01. The van der Waals surface area contributed by atoms with Crippen molar-refractivity contribution in [1.29, 1.82) is 0 Å². The van der Waals surface area contributed by atoms with Crippen LogP contribution in [0.1, 0.15) is 25.3 Å². The molecule has 0 amide bonds. The van der Waals surface area contributed by atoms with Crippen molar-refractivity contribution in [2.45, 2.75) is 19.8 Å². The maximum atomic E-state index is 11.7. The van der Waals surface area contributed by atoms with Crippen molar-refractivity contribution >= 4 is 21.2 Å². The van der Waals surface area contributed by atoms with Gasteiger partial charge in [-0.2, -0.15) is 13.4 Å². The number of hydrogen-bond acceptors (Lipinski definition) is 7. The first-order chi connectivity index (χ1) is 12.3. The van der Waals surface area contributed by atoms with Crippen LogP contribution in [0.25, 0.3) is 22.4 Å². The van der Waals surface area contributed by atoms with E-state index >= 15 is 0 Å². The molecule has 0 bridgehead atoms. The number of nitrogens with zero attached hydrogens (tertiary/aromatic N) is 3. The van der Waals surface area contributed by atoms with Crippen LogP contribution < -0.4 is 8.92 Å². The molecule has 0 aliphatic heterocycles. The second-order valence-corrected chi connectivity index (χ2v) is 7.68. The number of fused-ring (bicyclic) bond motifs is 1. The third kappa shape index (κ3) is 3.75. The van der Waals surface area contributed by atoms with Gasteiger partial charge in [-0.25, -0.2) is 9.97 Å². The molecule has 8 heteroatoms. The quantitative estimate of drug-likeness (QED) is 0.634. The molecule has 0 aliphatic carbocycles.